The van der Waals surface area contributed by atoms with Crippen LogP contribution in [0.1, 0.15) is 33.4 Å². The van der Waals surface area contributed by atoms with Gasteiger partial charge in [0.2, 0.25) is 0 Å². The van der Waals surface area contributed by atoms with E-state index in [-0.39, 0.29) is 17.2 Å². The summed E-state index contributed by atoms with van der Waals surface area (Å²) in [5.74, 6) is -2.29. The SMILES string of the molecule is Cc1c2c(nn1C)C(=O)N(c1ccc3[nH]cnc3c1)C2c1cccc(F)c1F. The molecular weight excluding hydrogens is 364 g/mol. The van der Waals surface area contributed by atoms with Crippen molar-refractivity contribution < 1.29 is 13.6 Å². The number of carbonyl (C=O) groups excluding carboxylic acids is 1. The van der Waals surface area contributed by atoms with Gasteiger partial charge in [-0.25, -0.2) is 13.8 Å². The van der Waals surface area contributed by atoms with Gasteiger partial charge in [0.15, 0.2) is 17.3 Å². The molecule has 1 unspecified atom stereocenters. The molecule has 2 aromatic heterocycles. The first-order valence-corrected chi connectivity index (χ1v) is 8.71. The first-order chi connectivity index (χ1) is 13.5. The van der Waals surface area contributed by atoms with E-state index in [1.54, 1.807) is 36.3 Å². The van der Waals surface area contributed by atoms with E-state index in [0.717, 1.165) is 17.3 Å². The van der Waals surface area contributed by atoms with Gasteiger partial charge in [0.05, 0.1) is 23.4 Å². The van der Waals surface area contributed by atoms with E-state index < -0.39 is 17.7 Å². The van der Waals surface area contributed by atoms with Gasteiger partial charge in [-0.15, -0.1) is 0 Å². The number of hydrogen-bond donors (Lipinski definition) is 1. The van der Waals surface area contributed by atoms with Crippen molar-refractivity contribution in [3.63, 3.8) is 0 Å². The zero-order valence-electron chi connectivity index (χ0n) is 15.1. The maximum absolute atomic E-state index is 14.7. The van der Waals surface area contributed by atoms with E-state index in [1.165, 1.54) is 17.0 Å². The largest absolute Gasteiger partial charge is 0.345 e. The molecule has 0 saturated carbocycles. The van der Waals surface area contributed by atoms with Crippen molar-refractivity contribution in [2.45, 2.75) is 13.0 Å². The standard InChI is InChI=1S/C20H15F2N5O/c1-10-16-18(25-26(10)2)20(28)27(11-6-7-14-15(8-11)24-9-23-14)19(16)12-4-3-5-13(21)17(12)22/h3-9,19H,1-2H3,(H,23,24). The molecule has 1 N–H and O–H groups in total. The van der Waals surface area contributed by atoms with E-state index in [0.29, 0.717) is 16.8 Å². The number of aromatic amines is 1. The molecule has 1 aliphatic heterocycles. The molecule has 6 nitrogen and oxygen atoms in total. The van der Waals surface area contributed by atoms with Crippen LogP contribution in [-0.2, 0) is 7.05 Å². The highest BCUT2D eigenvalue weighted by atomic mass is 19.2. The molecule has 0 saturated heterocycles. The molecule has 0 bridgehead atoms. The van der Waals surface area contributed by atoms with Crippen LogP contribution in [0.2, 0.25) is 0 Å². The second-order valence-electron chi connectivity index (χ2n) is 6.80. The lowest BCUT2D eigenvalue weighted by atomic mass is 9.98. The maximum Gasteiger partial charge on any atom is 0.280 e. The van der Waals surface area contributed by atoms with Crippen molar-refractivity contribution in [3.05, 3.63) is 76.9 Å². The Bertz CT molecular complexity index is 1260. The van der Waals surface area contributed by atoms with Gasteiger partial charge in [0.1, 0.15) is 0 Å². The third kappa shape index (κ3) is 2.14. The summed E-state index contributed by atoms with van der Waals surface area (Å²) in [6.45, 7) is 1.81. The van der Waals surface area contributed by atoms with E-state index in [4.69, 9.17) is 0 Å². The molecule has 5 rings (SSSR count). The Balaban J connectivity index is 1.77. The van der Waals surface area contributed by atoms with Crippen LogP contribution in [0.3, 0.4) is 0 Å². The van der Waals surface area contributed by atoms with Gasteiger partial charge in [0.25, 0.3) is 5.91 Å². The molecule has 1 aliphatic rings. The second kappa shape index (κ2) is 5.72. The summed E-state index contributed by atoms with van der Waals surface area (Å²) in [6, 6.07) is 8.48. The first-order valence-electron chi connectivity index (χ1n) is 8.71. The average molecular weight is 379 g/mol. The van der Waals surface area contributed by atoms with Crippen LogP contribution in [0.5, 0.6) is 0 Å². The van der Waals surface area contributed by atoms with Crippen molar-refractivity contribution in [1.29, 1.82) is 0 Å². The Morgan fingerprint density at radius 1 is 1.18 bits per heavy atom. The molecule has 8 heteroatoms. The highest BCUT2D eigenvalue weighted by molar-refractivity contribution is 6.11. The number of anilines is 1. The number of imidazole rings is 1. The van der Waals surface area contributed by atoms with Gasteiger partial charge in [-0.1, -0.05) is 12.1 Å². The summed E-state index contributed by atoms with van der Waals surface area (Å²) in [6.07, 6.45) is 1.56. The first kappa shape index (κ1) is 16.6. The summed E-state index contributed by atoms with van der Waals surface area (Å²) in [5, 5.41) is 4.32. The minimum atomic E-state index is -0.970. The van der Waals surface area contributed by atoms with E-state index in [1.807, 2.05) is 6.92 Å². The zero-order chi connectivity index (χ0) is 19.6. The number of hydrogen-bond acceptors (Lipinski definition) is 3. The number of amides is 1. The number of benzene rings is 2. The lowest BCUT2D eigenvalue weighted by molar-refractivity contribution is 0.0987. The molecule has 4 aromatic rings. The average Bonchev–Trinajstić information content (AvgIpc) is 3.33. The predicted molar refractivity (Wildman–Crippen MR) is 99.0 cm³/mol. The topological polar surface area (TPSA) is 66.8 Å². The number of rotatable bonds is 2. The second-order valence-corrected chi connectivity index (χ2v) is 6.80. The number of H-pyrrole nitrogens is 1. The van der Waals surface area contributed by atoms with Gasteiger partial charge < -0.3 is 4.98 Å². The molecule has 2 aromatic carbocycles. The quantitative estimate of drug-likeness (QED) is 0.578. The highest BCUT2D eigenvalue weighted by Crippen LogP contribution is 2.44. The summed E-state index contributed by atoms with van der Waals surface area (Å²) in [4.78, 5) is 21.9. The smallest absolute Gasteiger partial charge is 0.280 e. The van der Waals surface area contributed by atoms with Gasteiger partial charge in [-0.05, 0) is 31.2 Å². The van der Waals surface area contributed by atoms with E-state index in [2.05, 4.69) is 15.1 Å². The zero-order valence-corrected chi connectivity index (χ0v) is 15.1. The number of carbonyl (C=O) groups is 1. The van der Waals surface area contributed by atoms with Crippen LogP contribution in [0.15, 0.2) is 42.7 Å². The number of halogens is 2. The third-order valence-corrected chi connectivity index (χ3v) is 5.29. The minimum absolute atomic E-state index is 0.0883. The van der Waals surface area contributed by atoms with Crippen LogP contribution in [0, 0.1) is 18.6 Å². The Morgan fingerprint density at radius 2 is 2.00 bits per heavy atom. The molecule has 0 fully saturated rings. The molecule has 1 atom stereocenters. The summed E-state index contributed by atoms with van der Waals surface area (Å²) in [7, 11) is 1.72. The van der Waals surface area contributed by atoms with Crippen LogP contribution >= 0.6 is 0 Å². The number of aromatic nitrogens is 4. The van der Waals surface area contributed by atoms with E-state index in [9.17, 15) is 13.6 Å². The fraction of sp³-hybridized carbons (Fsp3) is 0.150. The van der Waals surface area contributed by atoms with Gasteiger partial charge in [-0.2, -0.15) is 5.10 Å². The number of aryl methyl sites for hydroxylation is 1. The molecule has 3 heterocycles. The van der Waals surface area contributed by atoms with Gasteiger partial charge >= 0.3 is 0 Å². The lowest BCUT2D eigenvalue weighted by Crippen LogP contribution is -2.30. The lowest BCUT2D eigenvalue weighted by Gasteiger charge is -2.27. The van der Waals surface area contributed by atoms with Crippen LogP contribution in [-0.4, -0.2) is 25.7 Å². The third-order valence-electron chi connectivity index (χ3n) is 5.29. The molecule has 0 spiro atoms. The Morgan fingerprint density at radius 3 is 2.82 bits per heavy atom. The molecule has 140 valence electrons. The fourth-order valence-electron chi connectivity index (χ4n) is 3.83. The number of fused-ring (bicyclic) bond motifs is 2. The van der Waals surface area contributed by atoms with Crippen molar-refractivity contribution in [2.75, 3.05) is 4.90 Å². The van der Waals surface area contributed by atoms with Crippen LogP contribution < -0.4 is 4.90 Å². The molecule has 28 heavy (non-hydrogen) atoms. The summed E-state index contributed by atoms with van der Waals surface area (Å²) in [5.41, 5.74) is 3.67. The summed E-state index contributed by atoms with van der Waals surface area (Å²) < 4.78 is 30.3. The Hall–Kier alpha value is -3.55. The van der Waals surface area contributed by atoms with Crippen molar-refractivity contribution in [1.82, 2.24) is 19.7 Å². The molecule has 1 amide bonds. The Labute approximate surface area is 158 Å². The highest BCUT2D eigenvalue weighted by Gasteiger charge is 2.44. The number of nitrogens with one attached hydrogen (secondary N) is 1. The normalized spacial score (nSPS) is 16.2. The number of nitrogens with zero attached hydrogens (tertiary/aromatic N) is 4. The molecule has 0 aliphatic carbocycles. The maximum atomic E-state index is 14.7. The monoisotopic (exact) mass is 379 g/mol. The van der Waals surface area contributed by atoms with Crippen molar-refractivity contribution >= 4 is 22.6 Å². The van der Waals surface area contributed by atoms with Crippen LogP contribution in [0.4, 0.5) is 14.5 Å². The molecule has 0 radical (unpaired) electrons. The van der Waals surface area contributed by atoms with Gasteiger partial charge in [-0.3, -0.25) is 14.4 Å². The molecular formula is C20H15F2N5O. The van der Waals surface area contributed by atoms with Crippen LogP contribution in [0.25, 0.3) is 11.0 Å². The van der Waals surface area contributed by atoms with Crippen molar-refractivity contribution in [3.8, 4) is 0 Å². The minimum Gasteiger partial charge on any atom is -0.345 e. The predicted octanol–water partition coefficient (Wildman–Crippen LogP) is 3.63. The van der Waals surface area contributed by atoms with Gasteiger partial charge in [0, 0.05) is 29.6 Å². The van der Waals surface area contributed by atoms with E-state index >= 15 is 0 Å². The van der Waals surface area contributed by atoms with Crippen molar-refractivity contribution in [2.24, 2.45) is 7.05 Å². The fourth-order valence-corrected chi connectivity index (χ4v) is 3.83. The summed E-state index contributed by atoms with van der Waals surface area (Å²) >= 11 is 0. The Kier molecular flexibility index (Phi) is 3.39.